The summed E-state index contributed by atoms with van der Waals surface area (Å²) in [6, 6.07) is 0. The van der Waals surface area contributed by atoms with E-state index in [1.807, 2.05) is 0 Å². The molecule has 0 aliphatic rings. The maximum absolute atomic E-state index is 12.1. The van der Waals surface area contributed by atoms with Crippen LogP contribution >= 0.6 is 7.82 Å². The molecule has 0 bridgehead atoms. The first kappa shape index (κ1) is 45.9. The van der Waals surface area contributed by atoms with Gasteiger partial charge in [0.1, 0.15) is 6.61 Å². The maximum Gasteiger partial charge on any atom is 1.00 e. The summed E-state index contributed by atoms with van der Waals surface area (Å²) < 4.78 is 24.9. The number of ether oxygens (including phenoxy) is 2. The van der Waals surface area contributed by atoms with Gasteiger partial charge in [0.05, 0.1) is 14.4 Å². The van der Waals surface area contributed by atoms with Gasteiger partial charge < -0.3 is 34.5 Å². The van der Waals surface area contributed by atoms with Crippen molar-refractivity contribution in [1.29, 1.82) is 0 Å². The molecule has 3 N–H and O–H groups in total. The van der Waals surface area contributed by atoms with Crippen molar-refractivity contribution >= 4 is 19.8 Å². The molecule has 41 heavy (non-hydrogen) atoms. The zero-order valence-electron chi connectivity index (χ0n) is 23.9. The van der Waals surface area contributed by atoms with E-state index in [0.717, 1.165) is 25.7 Å². The van der Waals surface area contributed by atoms with Gasteiger partial charge in [0.25, 0.3) is 0 Å². The smallest absolute Gasteiger partial charge is 0.790 e. The third kappa shape index (κ3) is 35.9. The molecule has 0 unspecified atom stereocenters. The molecule has 0 aliphatic carbocycles. The number of terminal acetylenes is 1. The number of carbonyl (C=O) groups excluding carboxylic acids is 2. The van der Waals surface area contributed by atoms with E-state index in [1.165, 1.54) is 19.3 Å². The molecule has 0 saturated carbocycles. The van der Waals surface area contributed by atoms with E-state index in [2.05, 4.69) is 88.4 Å². The first-order valence-electron chi connectivity index (χ1n) is 11.8. The molecule has 0 heterocycles. The fourth-order valence-corrected chi connectivity index (χ4v) is 2.89. The van der Waals surface area contributed by atoms with E-state index in [9.17, 15) is 23.9 Å². The third-order valence-corrected chi connectivity index (χ3v) is 4.68. The standard InChI is InChI=1S/C29H29O8P.H3N.2Na.13H2/c1-3-5-7-9-11-13-14-15-16-18-19-21-23-28(30)35-25-27(26-36-38(32,33)34)37-29(31)24-22-20-17-12-10-8-6-4-2;;;;;;;;;;;;;;;;/h1,27H,4,6,8,10,12,17,20,22,24-26H2,2H3,(H2,32,33,34);1H3;;;13*1H/q;;2*+1;;;;;;;;;;;;;/p-2/t27-;;;;;;;;;;;;;;;;/m1................/s1. The van der Waals surface area contributed by atoms with E-state index in [-0.39, 0.29) is 90.2 Å². The molecule has 0 radical (unpaired) electrons. The minimum Gasteiger partial charge on any atom is -0.790 e. The average Bonchev–Trinajstić information content (AvgIpc) is 2.87. The summed E-state index contributed by atoms with van der Waals surface area (Å²) >= 11 is 0. The molecule has 0 aromatic carbocycles. The number of hydrogen-bond acceptors (Lipinski definition) is 9. The van der Waals surface area contributed by atoms with Gasteiger partial charge in [0, 0.05) is 30.9 Å². The van der Waals surface area contributed by atoms with E-state index in [4.69, 9.17) is 15.9 Å². The zero-order chi connectivity index (χ0) is 28.3. The first-order chi connectivity index (χ1) is 18.3. The topological polar surface area (TPSA) is 160 Å². The van der Waals surface area contributed by atoms with Crippen LogP contribution in [0.4, 0.5) is 0 Å². The zero-order valence-corrected chi connectivity index (χ0v) is 28.7. The summed E-state index contributed by atoms with van der Waals surface area (Å²) in [4.78, 5) is 45.3. The molecule has 1 atom stereocenters. The van der Waals surface area contributed by atoms with Gasteiger partial charge in [-0.05, 0) is 77.5 Å². The van der Waals surface area contributed by atoms with Crippen molar-refractivity contribution in [1.82, 2.24) is 6.15 Å². The van der Waals surface area contributed by atoms with Gasteiger partial charge in [-0.2, -0.15) is 0 Å². The molecule has 0 rings (SSSR count). The molecule has 0 aromatic heterocycles. The number of unbranched alkanes of at least 4 members (excludes halogenated alkanes) is 7. The molecule has 0 amide bonds. The molecule has 0 aromatic rings. The Kier molecular flexibility index (Phi) is 36.3. The van der Waals surface area contributed by atoms with Crippen molar-refractivity contribution in [3.63, 3.8) is 0 Å². The molecule has 0 fully saturated rings. The Morgan fingerprint density at radius 1 is 0.780 bits per heavy atom. The quantitative estimate of drug-likeness (QED) is 0.0593. The van der Waals surface area contributed by atoms with E-state index in [1.54, 1.807) is 0 Å². The average molecular weight is 624 g/mol. The number of rotatable bonds is 15. The second-order valence-corrected chi connectivity index (χ2v) is 8.48. The van der Waals surface area contributed by atoms with Crippen LogP contribution in [0.2, 0.25) is 0 Å². The largest absolute Gasteiger partial charge is 1.00 e. The van der Waals surface area contributed by atoms with Crippen LogP contribution in [-0.2, 0) is 28.2 Å². The Morgan fingerprint density at radius 2 is 1.24 bits per heavy atom. The van der Waals surface area contributed by atoms with Gasteiger partial charge in [-0.25, -0.2) is 4.79 Å². The number of phosphoric ester groups is 1. The molecule has 0 aliphatic heterocycles. The van der Waals surface area contributed by atoms with Crippen molar-refractivity contribution in [2.75, 3.05) is 13.2 Å². The maximum atomic E-state index is 12.1. The normalized spacial score (nSPS) is 8.93. The van der Waals surface area contributed by atoms with Crippen LogP contribution in [0.5, 0.6) is 0 Å². The van der Waals surface area contributed by atoms with Crippen LogP contribution in [0.25, 0.3) is 0 Å². The van der Waals surface area contributed by atoms with Gasteiger partial charge in [0.2, 0.25) is 0 Å². The van der Waals surface area contributed by atoms with Crippen LogP contribution in [0.3, 0.4) is 0 Å². The number of carbonyl (C=O) groups is 2. The molecule has 0 spiro atoms. The van der Waals surface area contributed by atoms with Gasteiger partial charge in [-0.15, -0.1) is 6.42 Å². The second-order valence-electron chi connectivity index (χ2n) is 7.32. The molecular formula is C29H56NNa2O8P. The molecule has 12 heteroatoms. The summed E-state index contributed by atoms with van der Waals surface area (Å²) in [6.45, 7) is 0.800. The third-order valence-electron chi connectivity index (χ3n) is 4.21. The number of esters is 2. The predicted octanol–water partition coefficient (Wildman–Crippen LogP) is -1.16. The van der Waals surface area contributed by atoms with Gasteiger partial charge in [-0.3, -0.25) is 4.79 Å². The number of hydrogen-bond donors (Lipinski definition) is 1. The van der Waals surface area contributed by atoms with Crippen molar-refractivity contribution in [3.05, 3.63) is 0 Å². The SMILES string of the molecule is C#CC#CC#CC#CC#CC#CC#CC(=O)OC[C@H](COP(=O)([O-])[O-])OC(=O)CCCCCCCCCC.N.[HH].[HH].[HH].[HH].[HH].[HH].[HH].[HH].[HH].[HH].[HH].[HH].[HH].[Na+].[Na+]. The van der Waals surface area contributed by atoms with Crippen molar-refractivity contribution < 1.29 is 116 Å². The molecular weight excluding hydrogens is 567 g/mol. The summed E-state index contributed by atoms with van der Waals surface area (Å²) in [7, 11) is -5.32. The number of phosphoric acid groups is 1. The Hall–Kier alpha value is -2.07. The minimum atomic E-state index is -5.32. The first-order valence-corrected chi connectivity index (χ1v) is 13.2. The van der Waals surface area contributed by atoms with Crippen molar-refractivity contribution in [2.24, 2.45) is 0 Å². The van der Waals surface area contributed by atoms with Gasteiger partial charge >= 0.3 is 71.1 Å². The van der Waals surface area contributed by atoms with Crippen molar-refractivity contribution in [2.45, 2.75) is 70.8 Å². The van der Waals surface area contributed by atoms with Crippen LogP contribution in [0.1, 0.15) is 83.3 Å². The monoisotopic (exact) mass is 623 g/mol. The van der Waals surface area contributed by atoms with Gasteiger partial charge in [0.15, 0.2) is 6.10 Å². The minimum absolute atomic E-state index is 0. The van der Waals surface area contributed by atoms with Gasteiger partial charge in [-0.1, -0.05) is 51.9 Å². The molecule has 0 saturated heterocycles. The van der Waals surface area contributed by atoms with E-state index < -0.39 is 39.1 Å². The van der Waals surface area contributed by atoms with Crippen LogP contribution in [0, 0.1) is 83.4 Å². The second kappa shape index (κ2) is 32.4. The fraction of sp³-hybridized carbons (Fsp3) is 0.448. The van der Waals surface area contributed by atoms with E-state index >= 15 is 0 Å². The molecule has 9 nitrogen and oxygen atoms in total. The summed E-state index contributed by atoms with van der Waals surface area (Å²) in [5.74, 6) is 28.3. The Bertz CT molecular complexity index is 1290. The summed E-state index contributed by atoms with van der Waals surface area (Å²) in [6.07, 6.45) is 12.0. The van der Waals surface area contributed by atoms with Crippen LogP contribution < -0.4 is 75.1 Å². The van der Waals surface area contributed by atoms with Crippen LogP contribution in [-0.4, -0.2) is 31.3 Å². The summed E-state index contributed by atoms with van der Waals surface area (Å²) in [5, 5.41) is 0. The van der Waals surface area contributed by atoms with Crippen molar-refractivity contribution in [3.8, 4) is 83.4 Å². The van der Waals surface area contributed by atoms with E-state index in [0.29, 0.717) is 6.42 Å². The fourth-order valence-electron chi connectivity index (χ4n) is 2.54. The van der Waals surface area contributed by atoms with Crippen LogP contribution in [0.15, 0.2) is 0 Å². The molecule has 232 valence electrons. The summed E-state index contributed by atoms with van der Waals surface area (Å²) in [5.41, 5.74) is 0. The Balaban J connectivity index is -0.0000000570. The Labute approximate surface area is 307 Å². The Morgan fingerprint density at radius 3 is 1.73 bits per heavy atom. The predicted molar refractivity (Wildman–Crippen MR) is 170 cm³/mol.